The molecular weight excluding hydrogens is 390 g/mol. The Hall–Kier alpha value is -3.10. The van der Waals surface area contributed by atoms with E-state index in [4.69, 9.17) is 0 Å². The van der Waals surface area contributed by atoms with Crippen molar-refractivity contribution in [2.45, 2.75) is 56.8 Å². The number of nitrogens with one attached hydrogen (secondary N) is 3. The number of pyridine rings is 1. The number of nitrogens with zero attached hydrogens (tertiary/aromatic N) is 3. The molecule has 3 aromatic heterocycles. The molecule has 0 unspecified atom stereocenters. The topological polar surface area (TPSA) is 95.6 Å². The molecule has 0 radical (unpaired) electrons. The van der Waals surface area contributed by atoms with Crippen LogP contribution in [0.3, 0.4) is 0 Å². The van der Waals surface area contributed by atoms with Gasteiger partial charge in [0.2, 0.25) is 5.95 Å². The van der Waals surface area contributed by atoms with Crippen molar-refractivity contribution in [2.75, 3.05) is 10.6 Å². The Morgan fingerprint density at radius 3 is 2.50 bits per heavy atom. The highest BCUT2D eigenvalue weighted by atomic mass is 19.1. The number of H-pyrrole nitrogens is 1. The fourth-order valence-corrected chi connectivity index (χ4v) is 4.04. The predicted octanol–water partition coefficient (Wildman–Crippen LogP) is 4.24. The van der Waals surface area contributed by atoms with Gasteiger partial charge in [0.05, 0.1) is 10.9 Å². The van der Waals surface area contributed by atoms with Gasteiger partial charge in [-0.2, -0.15) is 4.39 Å². The van der Waals surface area contributed by atoms with Gasteiger partial charge in [0.25, 0.3) is 0 Å². The lowest BCUT2D eigenvalue weighted by Gasteiger charge is -2.25. The number of halogens is 2. The van der Waals surface area contributed by atoms with Crippen molar-refractivity contribution >= 4 is 29.0 Å². The molecule has 0 atom stereocenters. The van der Waals surface area contributed by atoms with Crippen molar-refractivity contribution in [2.24, 2.45) is 0 Å². The average molecular weight is 412 g/mol. The highest BCUT2D eigenvalue weighted by Crippen LogP contribution is 2.37. The molecule has 2 aliphatic carbocycles. The Kier molecular flexibility index (Phi) is 4.80. The summed E-state index contributed by atoms with van der Waals surface area (Å²) in [5.41, 5.74) is 1.54. The molecule has 2 aliphatic rings. The number of hydrogen-bond donors (Lipinski definition) is 3. The molecule has 3 aromatic rings. The monoisotopic (exact) mass is 412 g/mol. The standard InChI is InChI=1S/C21H22F2N6O/c22-11-1-3-12(4-2-11)27-17-7-14(16(9-30)19(23)29-17)15-8-24-20-18(15)21(26-10-25-20)28-13-5-6-13/h7-13H,1-6H2,(H,27,29)(H2,24,25,26,28). The van der Waals surface area contributed by atoms with Crippen LogP contribution in [0.5, 0.6) is 0 Å². The normalized spacial score (nSPS) is 21.5. The van der Waals surface area contributed by atoms with E-state index in [1.165, 1.54) is 6.33 Å². The average Bonchev–Trinajstić information content (AvgIpc) is 3.44. The first-order chi connectivity index (χ1) is 14.6. The van der Waals surface area contributed by atoms with Crippen LogP contribution in [0.4, 0.5) is 20.4 Å². The zero-order valence-electron chi connectivity index (χ0n) is 16.3. The lowest BCUT2D eigenvalue weighted by molar-refractivity contribution is 0.111. The second-order valence-corrected chi connectivity index (χ2v) is 8.04. The number of carbonyl (C=O) groups excluding carboxylic acids is 1. The van der Waals surface area contributed by atoms with Crippen molar-refractivity contribution in [1.82, 2.24) is 19.9 Å². The maximum Gasteiger partial charge on any atom is 0.226 e. The number of aromatic amines is 1. The van der Waals surface area contributed by atoms with Gasteiger partial charge in [-0.05, 0) is 44.6 Å². The Morgan fingerprint density at radius 1 is 1.03 bits per heavy atom. The summed E-state index contributed by atoms with van der Waals surface area (Å²) in [5, 5.41) is 7.29. The molecule has 2 fully saturated rings. The van der Waals surface area contributed by atoms with Crippen LogP contribution in [0.1, 0.15) is 48.9 Å². The third-order valence-corrected chi connectivity index (χ3v) is 5.82. The van der Waals surface area contributed by atoms with E-state index < -0.39 is 12.1 Å². The van der Waals surface area contributed by atoms with E-state index in [1.54, 1.807) is 12.3 Å². The summed E-state index contributed by atoms with van der Waals surface area (Å²) in [6.07, 6.45) is 7.30. The first kappa shape index (κ1) is 18.9. The zero-order chi connectivity index (χ0) is 20.7. The number of fused-ring (bicyclic) bond motifs is 1. The third-order valence-electron chi connectivity index (χ3n) is 5.82. The number of hydrogen-bond acceptors (Lipinski definition) is 6. The number of aldehydes is 1. The summed E-state index contributed by atoms with van der Waals surface area (Å²) in [7, 11) is 0. The molecule has 0 saturated heterocycles. The van der Waals surface area contributed by atoms with E-state index in [1.807, 2.05) is 0 Å². The minimum Gasteiger partial charge on any atom is -0.367 e. The van der Waals surface area contributed by atoms with Crippen molar-refractivity contribution in [3.05, 3.63) is 30.1 Å². The lowest BCUT2D eigenvalue weighted by atomic mass is 9.94. The van der Waals surface area contributed by atoms with Gasteiger partial charge in [-0.25, -0.2) is 19.3 Å². The highest BCUT2D eigenvalue weighted by Gasteiger charge is 2.26. The Bertz CT molecular complexity index is 1090. The second kappa shape index (κ2) is 7.62. The Labute approximate surface area is 171 Å². The molecule has 0 bridgehead atoms. The molecule has 30 heavy (non-hydrogen) atoms. The van der Waals surface area contributed by atoms with Crippen LogP contribution in [0, 0.1) is 5.95 Å². The van der Waals surface area contributed by atoms with Crippen molar-refractivity contribution in [3.8, 4) is 11.1 Å². The molecule has 9 heteroatoms. The van der Waals surface area contributed by atoms with Crippen LogP contribution in [0.15, 0.2) is 18.6 Å². The van der Waals surface area contributed by atoms with Crippen LogP contribution in [-0.4, -0.2) is 44.5 Å². The molecule has 5 rings (SSSR count). The Morgan fingerprint density at radius 2 is 1.77 bits per heavy atom. The smallest absolute Gasteiger partial charge is 0.226 e. The van der Waals surface area contributed by atoms with Gasteiger partial charge in [0, 0.05) is 29.4 Å². The molecular formula is C21H22F2N6O. The number of carbonyl (C=O) groups is 1. The van der Waals surface area contributed by atoms with Crippen molar-refractivity contribution in [3.63, 3.8) is 0 Å². The van der Waals surface area contributed by atoms with Gasteiger partial charge in [-0.1, -0.05) is 0 Å². The van der Waals surface area contributed by atoms with Gasteiger partial charge in [0.1, 0.15) is 29.8 Å². The first-order valence-corrected chi connectivity index (χ1v) is 10.3. The van der Waals surface area contributed by atoms with E-state index in [0.717, 1.165) is 12.8 Å². The number of alkyl halides is 1. The highest BCUT2D eigenvalue weighted by molar-refractivity contribution is 6.04. The van der Waals surface area contributed by atoms with Gasteiger partial charge in [-0.15, -0.1) is 0 Å². The summed E-state index contributed by atoms with van der Waals surface area (Å²) in [6, 6.07) is 2.07. The van der Waals surface area contributed by atoms with E-state index in [9.17, 15) is 13.6 Å². The number of anilines is 2. The second-order valence-electron chi connectivity index (χ2n) is 8.04. The predicted molar refractivity (Wildman–Crippen MR) is 110 cm³/mol. The minimum atomic E-state index is -0.841. The molecule has 3 N–H and O–H groups in total. The van der Waals surface area contributed by atoms with E-state index in [0.29, 0.717) is 71.8 Å². The first-order valence-electron chi connectivity index (χ1n) is 10.3. The van der Waals surface area contributed by atoms with Gasteiger partial charge in [0.15, 0.2) is 6.29 Å². The van der Waals surface area contributed by atoms with Crippen LogP contribution in [0.25, 0.3) is 22.2 Å². The molecule has 0 aromatic carbocycles. The summed E-state index contributed by atoms with van der Waals surface area (Å²) in [6.45, 7) is 0. The molecule has 7 nitrogen and oxygen atoms in total. The summed E-state index contributed by atoms with van der Waals surface area (Å²) in [5.74, 6) is 0.147. The van der Waals surface area contributed by atoms with E-state index in [2.05, 4.69) is 30.6 Å². The van der Waals surface area contributed by atoms with Crippen LogP contribution in [0.2, 0.25) is 0 Å². The minimum absolute atomic E-state index is 0.0252. The zero-order valence-corrected chi connectivity index (χ0v) is 16.3. The number of aromatic nitrogens is 4. The maximum atomic E-state index is 14.7. The third kappa shape index (κ3) is 3.59. The largest absolute Gasteiger partial charge is 0.367 e. The molecule has 2 saturated carbocycles. The molecule has 0 aliphatic heterocycles. The molecule has 156 valence electrons. The van der Waals surface area contributed by atoms with Crippen LogP contribution < -0.4 is 10.6 Å². The summed E-state index contributed by atoms with van der Waals surface area (Å²) < 4.78 is 28.2. The Balaban J connectivity index is 1.56. The quantitative estimate of drug-likeness (QED) is 0.414. The molecule has 0 spiro atoms. The fourth-order valence-electron chi connectivity index (χ4n) is 4.04. The lowest BCUT2D eigenvalue weighted by Crippen LogP contribution is -2.27. The van der Waals surface area contributed by atoms with Gasteiger partial charge in [-0.3, -0.25) is 4.79 Å². The van der Waals surface area contributed by atoms with Gasteiger partial charge >= 0.3 is 0 Å². The fraction of sp³-hybridized carbons (Fsp3) is 0.429. The van der Waals surface area contributed by atoms with E-state index in [-0.39, 0.29) is 11.6 Å². The van der Waals surface area contributed by atoms with Crippen LogP contribution in [-0.2, 0) is 0 Å². The summed E-state index contributed by atoms with van der Waals surface area (Å²) in [4.78, 5) is 27.3. The van der Waals surface area contributed by atoms with Gasteiger partial charge < -0.3 is 15.6 Å². The maximum absolute atomic E-state index is 14.7. The van der Waals surface area contributed by atoms with Crippen LogP contribution >= 0.6 is 0 Å². The molecule has 0 amide bonds. The van der Waals surface area contributed by atoms with E-state index >= 15 is 0 Å². The molecule has 3 heterocycles. The van der Waals surface area contributed by atoms with Crippen molar-refractivity contribution < 1.29 is 13.6 Å². The number of rotatable bonds is 6. The SMILES string of the molecule is O=Cc1c(-c2c[nH]c3ncnc(NC4CC4)c23)cc(NC2CCC(F)CC2)nc1F. The van der Waals surface area contributed by atoms with Crippen molar-refractivity contribution in [1.29, 1.82) is 0 Å². The summed E-state index contributed by atoms with van der Waals surface area (Å²) >= 11 is 0.